The Bertz CT molecular complexity index is 2520. The average molecular weight is 632 g/mol. The molecule has 0 bridgehead atoms. The second-order valence-corrected chi connectivity index (χ2v) is 12.6. The van der Waals surface area contributed by atoms with Gasteiger partial charge in [-0.15, -0.1) is 0 Å². The van der Waals surface area contributed by atoms with Crippen LogP contribution in [0.25, 0.3) is 60.7 Å². The number of hydrogen-bond acceptors (Lipinski definition) is 2. The molecule has 8 aromatic rings. The lowest BCUT2D eigenvalue weighted by Gasteiger charge is -2.12. The van der Waals surface area contributed by atoms with Crippen molar-refractivity contribution in [1.29, 1.82) is 0 Å². The third-order valence-electron chi connectivity index (χ3n) is 9.26. The highest BCUT2D eigenvalue weighted by Gasteiger charge is 2.17. The Morgan fingerprint density at radius 3 is 2.31 bits per heavy atom. The van der Waals surface area contributed by atoms with Crippen LogP contribution in [0.5, 0.6) is 0 Å². The fraction of sp³-hybridized carbons (Fsp3) is 0.0851. The van der Waals surface area contributed by atoms with Crippen LogP contribution in [-0.4, -0.2) is 5.71 Å². The van der Waals surface area contributed by atoms with Crippen molar-refractivity contribution in [2.45, 2.75) is 26.3 Å². The van der Waals surface area contributed by atoms with E-state index in [9.17, 15) is 0 Å². The van der Waals surface area contributed by atoms with Gasteiger partial charge in [-0.3, -0.25) is 4.99 Å². The van der Waals surface area contributed by atoms with Crippen LogP contribution in [0.3, 0.4) is 0 Å². The number of hydrogen-bond donors (Lipinski definition) is 0. The van der Waals surface area contributed by atoms with Gasteiger partial charge in [0, 0.05) is 21.9 Å². The molecule has 0 saturated carbocycles. The van der Waals surface area contributed by atoms with E-state index in [0.29, 0.717) is 6.54 Å². The molecule has 0 spiro atoms. The molecule has 1 aromatic heterocycles. The minimum absolute atomic E-state index is 0.567. The molecule has 1 heterocycles. The maximum absolute atomic E-state index is 6.49. The van der Waals surface area contributed by atoms with Crippen LogP contribution < -0.4 is 0 Å². The molecular formula is C47H37NO. The van der Waals surface area contributed by atoms with Gasteiger partial charge < -0.3 is 4.42 Å². The first kappa shape index (κ1) is 30.4. The molecule has 236 valence electrons. The SMILES string of the molecule is CCC/C=C\C=Cc1ccc2c(c1)oc1cccc(C(=NCc3ccc4ccccc4c3)c3ccc(-c4cccc5ccccc45)cc3)c12. The van der Waals surface area contributed by atoms with Crippen LogP contribution in [0.1, 0.15) is 42.0 Å². The lowest BCUT2D eigenvalue weighted by molar-refractivity contribution is 0.669. The lowest BCUT2D eigenvalue weighted by atomic mass is 9.94. The van der Waals surface area contributed by atoms with Crippen molar-refractivity contribution in [3.8, 4) is 11.1 Å². The van der Waals surface area contributed by atoms with Crippen molar-refractivity contribution in [2.75, 3.05) is 0 Å². The summed E-state index contributed by atoms with van der Waals surface area (Å²) in [6.45, 7) is 2.76. The zero-order valence-electron chi connectivity index (χ0n) is 27.6. The van der Waals surface area contributed by atoms with Crippen molar-refractivity contribution in [3.05, 3.63) is 186 Å². The molecule has 0 N–H and O–H groups in total. The number of aliphatic imine (C=N–C) groups is 1. The normalized spacial score (nSPS) is 12.4. The number of allylic oxidation sites excluding steroid dienone is 3. The Morgan fingerprint density at radius 2 is 1.43 bits per heavy atom. The van der Waals surface area contributed by atoms with Crippen LogP contribution in [0.2, 0.25) is 0 Å². The molecule has 0 aliphatic rings. The second kappa shape index (κ2) is 13.6. The minimum atomic E-state index is 0.567. The van der Waals surface area contributed by atoms with E-state index in [1.54, 1.807) is 0 Å². The summed E-state index contributed by atoms with van der Waals surface area (Å²) in [4.78, 5) is 5.37. The maximum Gasteiger partial charge on any atom is 0.136 e. The Labute approximate surface area is 287 Å². The van der Waals surface area contributed by atoms with Crippen molar-refractivity contribution < 1.29 is 4.42 Å². The first-order chi connectivity index (χ1) is 24.2. The molecule has 0 fully saturated rings. The van der Waals surface area contributed by atoms with Crippen LogP contribution in [-0.2, 0) is 6.54 Å². The van der Waals surface area contributed by atoms with Crippen LogP contribution in [0, 0.1) is 0 Å². The molecule has 2 heteroatoms. The molecule has 7 aromatic carbocycles. The van der Waals surface area contributed by atoms with Crippen molar-refractivity contribution >= 4 is 55.3 Å². The third-order valence-corrected chi connectivity index (χ3v) is 9.26. The van der Waals surface area contributed by atoms with Gasteiger partial charge >= 0.3 is 0 Å². The summed E-state index contributed by atoms with van der Waals surface area (Å²) in [6, 6.07) is 51.9. The minimum Gasteiger partial charge on any atom is -0.456 e. The van der Waals surface area contributed by atoms with Gasteiger partial charge in [-0.1, -0.05) is 159 Å². The van der Waals surface area contributed by atoms with E-state index in [1.807, 2.05) is 0 Å². The number of benzene rings is 7. The first-order valence-electron chi connectivity index (χ1n) is 17.1. The number of nitrogens with zero attached hydrogens (tertiary/aromatic N) is 1. The van der Waals surface area contributed by atoms with E-state index in [4.69, 9.17) is 9.41 Å². The highest BCUT2D eigenvalue weighted by molar-refractivity contribution is 6.24. The van der Waals surface area contributed by atoms with E-state index in [2.05, 4.69) is 177 Å². The predicted molar refractivity (Wildman–Crippen MR) is 209 cm³/mol. The molecule has 0 aliphatic heterocycles. The summed E-state index contributed by atoms with van der Waals surface area (Å²) in [6.07, 6.45) is 10.8. The third kappa shape index (κ3) is 6.22. The predicted octanol–water partition coefficient (Wildman–Crippen LogP) is 13.0. The van der Waals surface area contributed by atoms with Gasteiger partial charge in [-0.2, -0.15) is 0 Å². The number of rotatable bonds is 9. The zero-order valence-corrected chi connectivity index (χ0v) is 27.6. The van der Waals surface area contributed by atoms with E-state index in [-0.39, 0.29) is 0 Å². The highest BCUT2D eigenvalue weighted by Crippen LogP contribution is 2.35. The van der Waals surface area contributed by atoms with Gasteiger partial charge in [-0.05, 0) is 74.5 Å². The van der Waals surface area contributed by atoms with E-state index < -0.39 is 0 Å². The van der Waals surface area contributed by atoms with E-state index in [1.165, 1.54) is 38.2 Å². The number of furan rings is 1. The van der Waals surface area contributed by atoms with Crippen molar-refractivity contribution in [2.24, 2.45) is 4.99 Å². The summed E-state index contributed by atoms with van der Waals surface area (Å²) in [5.74, 6) is 0. The monoisotopic (exact) mass is 631 g/mol. The Morgan fingerprint density at radius 1 is 0.633 bits per heavy atom. The van der Waals surface area contributed by atoms with Crippen molar-refractivity contribution in [1.82, 2.24) is 0 Å². The molecule has 8 rings (SSSR count). The molecule has 2 nitrogen and oxygen atoms in total. The van der Waals surface area contributed by atoms with Crippen LogP contribution >= 0.6 is 0 Å². The zero-order chi connectivity index (χ0) is 33.0. The van der Waals surface area contributed by atoms with Crippen LogP contribution in [0.15, 0.2) is 173 Å². The standard InChI is InChI=1S/C47H37NO/c1-2-3-4-5-6-13-33-23-29-42-45(31-33)49-44-21-12-20-43(46(42)44)47(48-32-34-22-24-35-14-7-8-16-39(35)30-34)38-27-25-37(26-28-38)41-19-11-17-36-15-9-10-18-40(36)41/h4-31H,2-3,32H2,1H3/b5-4-,13-6?,48-47?. The van der Waals surface area contributed by atoms with Gasteiger partial charge in [0.2, 0.25) is 0 Å². The fourth-order valence-electron chi connectivity index (χ4n) is 6.78. The molecule has 0 radical (unpaired) electrons. The quantitative estimate of drug-likeness (QED) is 0.115. The summed E-state index contributed by atoms with van der Waals surface area (Å²) < 4.78 is 6.49. The molecular weight excluding hydrogens is 595 g/mol. The molecule has 49 heavy (non-hydrogen) atoms. The summed E-state index contributed by atoms with van der Waals surface area (Å²) in [5, 5.41) is 7.14. The van der Waals surface area contributed by atoms with Gasteiger partial charge in [0.15, 0.2) is 0 Å². The average Bonchev–Trinajstić information content (AvgIpc) is 3.53. The van der Waals surface area contributed by atoms with Gasteiger partial charge in [-0.25, -0.2) is 0 Å². The largest absolute Gasteiger partial charge is 0.456 e. The summed E-state index contributed by atoms with van der Waals surface area (Å²) >= 11 is 0. The van der Waals surface area contributed by atoms with Gasteiger partial charge in [0.05, 0.1) is 12.3 Å². The Kier molecular flexibility index (Phi) is 8.44. The highest BCUT2D eigenvalue weighted by atomic mass is 16.3. The molecule has 0 unspecified atom stereocenters. The lowest BCUT2D eigenvalue weighted by Crippen LogP contribution is -2.05. The Balaban J connectivity index is 1.23. The van der Waals surface area contributed by atoms with Crippen molar-refractivity contribution in [3.63, 3.8) is 0 Å². The molecule has 0 amide bonds. The van der Waals surface area contributed by atoms with Crippen LogP contribution in [0.4, 0.5) is 0 Å². The first-order valence-corrected chi connectivity index (χ1v) is 17.1. The smallest absolute Gasteiger partial charge is 0.136 e. The molecule has 0 aliphatic carbocycles. The van der Waals surface area contributed by atoms with Gasteiger partial charge in [0.1, 0.15) is 11.2 Å². The number of unbranched alkanes of at least 4 members (excludes halogenated alkanes) is 1. The fourth-order valence-corrected chi connectivity index (χ4v) is 6.78. The molecule has 0 atom stereocenters. The Hall–Kier alpha value is -5.99. The van der Waals surface area contributed by atoms with E-state index in [0.717, 1.165) is 57.2 Å². The second-order valence-electron chi connectivity index (χ2n) is 12.6. The molecule has 0 saturated heterocycles. The topological polar surface area (TPSA) is 25.5 Å². The summed E-state index contributed by atoms with van der Waals surface area (Å²) in [7, 11) is 0. The van der Waals surface area contributed by atoms with E-state index >= 15 is 0 Å². The maximum atomic E-state index is 6.49. The number of fused-ring (bicyclic) bond motifs is 5. The van der Waals surface area contributed by atoms with Gasteiger partial charge in [0.25, 0.3) is 0 Å². The summed E-state index contributed by atoms with van der Waals surface area (Å²) in [5.41, 5.74) is 9.55.